The molecule has 1 unspecified atom stereocenters. The van der Waals surface area contributed by atoms with Gasteiger partial charge < -0.3 is 10.6 Å². The predicted molar refractivity (Wildman–Crippen MR) is 81.8 cm³/mol. The molecule has 1 aliphatic rings. The van der Waals surface area contributed by atoms with Crippen molar-refractivity contribution in [2.45, 2.75) is 38.8 Å². The van der Waals surface area contributed by atoms with Gasteiger partial charge in [-0.05, 0) is 31.2 Å². The van der Waals surface area contributed by atoms with Crippen LogP contribution in [0.2, 0.25) is 0 Å². The lowest BCUT2D eigenvalue weighted by molar-refractivity contribution is -0.134. The number of nitrogens with zero attached hydrogens (tertiary/aromatic N) is 4. The van der Waals surface area contributed by atoms with Crippen molar-refractivity contribution in [2.75, 3.05) is 13.1 Å². The zero-order valence-corrected chi connectivity index (χ0v) is 13.1. The van der Waals surface area contributed by atoms with E-state index in [1.807, 2.05) is 11.0 Å². The van der Waals surface area contributed by atoms with Gasteiger partial charge in [-0.2, -0.15) is 10.4 Å². The van der Waals surface area contributed by atoms with Gasteiger partial charge in [-0.15, -0.1) is 12.4 Å². The summed E-state index contributed by atoms with van der Waals surface area (Å²) in [6.45, 7) is 4.40. The summed E-state index contributed by atoms with van der Waals surface area (Å²) in [5, 5.41) is 12.8. The summed E-state index contributed by atoms with van der Waals surface area (Å²) >= 11 is 0. The molecule has 1 aliphatic heterocycles. The van der Waals surface area contributed by atoms with Crippen LogP contribution in [-0.2, 0) is 11.3 Å². The molecule has 116 valence electrons. The summed E-state index contributed by atoms with van der Waals surface area (Å²) in [5.74, 6) is 0.730. The van der Waals surface area contributed by atoms with E-state index >= 15 is 0 Å². The Labute approximate surface area is 131 Å². The van der Waals surface area contributed by atoms with Crippen LogP contribution in [0.3, 0.4) is 0 Å². The first-order valence-electron chi connectivity index (χ1n) is 7.08. The molecular formula is C14H22ClN5O. The number of nitrogens with two attached hydrogens (primary N) is 1. The molecule has 0 radical (unpaired) electrons. The number of piperidine rings is 1. The Morgan fingerprint density at radius 3 is 2.81 bits per heavy atom. The van der Waals surface area contributed by atoms with Crippen molar-refractivity contribution in [2.24, 2.45) is 11.7 Å². The average molecular weight is 312 g/mol. The van der Waals surface area contributed by atoms with Gasteiger partial charge in [-0.1, -0.05) is 6.92 Å². The number of nitriles is 1. The SMILES string of the molecule is CC1CCN(C(=O)C(N)CCn2ccc(C#N)n2)CC1.Cl. The smallest absolute Gasteiger partial charge is 0.239 e. The van der Waals surface area contributed by atoms with E-state index in [2.05, 4.69) is 12.0 Å². The molecule has 1 atom stereocenters. The minimum absolute atomic E-state index is 0. The van der Waals surface area contributed by atoms with E-state index in [4.69, 9.17) is 11.0 Å². The van der Waals surface area contributed by atoms with Crippen LogP contribution in [0.25, 0.3) is 0 Å². The first-order chi connectivity index (χ1) is 9.60. The fourth-order valence-corrected chi connectivity index (χ4v) is 2.40. The molecule has 21 heavy (non-hydrogen) atoms. The van der Waals surface area contributed by atoms with Gasteiger partial charge in [0.2, 0.25) is 5.91 Å². The van der Waals surface area contributed by atoms with E-state index in [0.29, 0.717) is 24.6 Å². The fraction of sp³-hybridized carbons (Fsp3) is 0.643. The molecule has 2 N–H and O–H groups in total. The van der Waals surface area contributed by atoms with Crippen LogP contribution in [0.15, 0.2) is 12.3 Å². The van der Waals surface area contributed by atoms with Crippen LogP contribution >= 0.6 is 12.4 Å². The number of aromatic nitrogens is 2. The summed E-state index contributed by atoms with van der Waals surface area (Å²) in [4.78, 5) is 14.1. The zero-order chi connectivity index (χ0) is 14.5. The van der Waals surface area contributed by atoms with Crippen molar-refractivity contribution >= 4 is 18.3 Å². The monoisotopic (exact) mass is 311 g/mol. The topological polar surface area (TPSA) is 87.9 Å². The summed E-state index contributed by atoms with van der Waals surface area (Å²) < 4.78 is 1.66. The number of carbonyl (C=O) groups excluding carboxylic acids is 1. The molecule has 0 bridgehead atoms. The van der Waals surface area contributed by atoms with Crippen molar-refractivity contribution in [3.05, 3.63) is 18.0 Å². The second-order valence-corrected chi connectivity index (χ2v) is 5.48. The normalized spacial score (nSPS) is 16.9. The highest BCUT2D eigenvalue weighted by Crippen LogP contribution is 2.16. The molecule has 0 spiro atoms. The van der Waals surface area contributed by atoms with Gasteiger partial charge >= 0.3 is 0 Å². The van der Waals surface area contributed by atoms with Gasteiger partial charge in [0.15, 0.2) is 5.69 Å². The van der Waals surface area contributed by atoms with E-state index < -0.39 is 6.04 Å². The van der Waals surface area contributed by atoms with Gasteiger partial charge in [0.25, 0.3) is 0 Å². The molecule has 1 aromatic rings. The molecule has 1 fully saturated rings. The number of likely N-dealkylation sites (tertiary alicyclic amines) is 1. The summed E-state index contributed by atoms with van der Waals surface area (Å²) in [6, 6.07) is 3.14. The number of aryl methyl sites for hydroxylation is 1. The maximum atomic E-state index is 12.2. The molecule has 2 heterocycles. The minimum Gasteiger partial charge on any atom is -0.341 e. The van der Waals surface area contributed by atoms with Crippen molar-refractivity contribution in [1.82, 2.24) is 14.7 Å². The van der Waals surface area contributed by atoms with Gasteiger partial charge in [0.1, 0.15) is 6.07 Å². The van der Waals surface area contributed by atoms with Crippen LogP contribution in [0.1, 0.15) is 31.9 Å². The highest BCUT2D eigenvalue weighted by molar-refractivity contribution is 5.85. The number of amides is 1. The maximum Gasteiger partial charge on any atom is 0.239 e. The quantitative estimate of drug-likeness (QED) is 0.903. The molecular weight excluding hydrogens is 290 g/mol. The Balaban J connectivity index is 0.00000220. The molecule has 0 aliphatic carbocycles. The lowest BCUT2D eigenvalue weighted by atomic mass is 9.98. The number of hydrogen-bond donors (Lipinski definition) is 1. The predicted octanol–water partition coefficient (Wildman–Crippen LogP) is 1.15. The minimum atomic E-state index is -0.488. The summed E-state index contributed by atoms with van der Waals surface area (Å²) in [7, 11) is 0. The largest absolute Gasteiger partial charge is 0.341 e. The zero-order valence-electron chi connectivity index (χ0n) is 12.2. The second-order valence-electron chi connectivity index (χ2n) is 5.48. The van der Waals surface area contributed by atoms with Crippen molar-refractivity contribution in [3.63, 3.8) is 0 Å². The third-order valence-electron chi connectivity index (χ3n) is 3.84. The van der Waals surface area contributed by atoms with E-state index in [1.165, 1.54) is 0 Å². The summed E-state index contributed by atoms with van der Waals surface area (Å²) in [5.41, 5.74) is 6.36. The average Bonchev–Trinajstić information content (AvgIpc) is 2.93. The van der Waals surface area contributed by atoms with Gasteiger partial charge in [0, 0.05) is 25.8 Å². The van der Waals surface area contributed by atoms with Crippen LogP contribution < -0.4 is 5.73 Å². The van der Waals surface area contributed by atoms with Crippen LogP contribution in [0.4, 0.5) is 0 Å². The molecule has 6 nitrogen and oxygen atoms in total. The third-order valence-corrected chi connectivity index (χ3v) is 3.84. The van der Waals surface area contributed by atoms with E-state index in [1.54, 1.807) is 16.9 Å². The maximum absolute atomic E-state index is 12.2. The molecule has 0 aromatic carbocycles. The van der Waals surface area contributed by atoms with E-state index in [0.717, 1.165) is 25.9 Å². The molecule has 1 aromatic heterocycles. The summed E-state index contributed by atoms with van der Waals surface area (Å²) in [6.07, 6.45) is 4.39. The standard InChI is InChI=1S/C14H21N5O.ClH/c1-11-2-6-18(7-3-11)14(20)13(16)5-9-19-8-4-12(10-15)17-19;/h4,8,11,13H,2-3,5-7,9,16H2,1H3;1H. The van der Waals surface area contributed by atoms with Crippen LogP contribution in [0.5, 0.6) is 0 Å². The number of carbonyl (C=O) groups is 1. The first-order valence-corrected chi connectivity index (χ1v) is 7.08. The highest BCUT2D eigenvalue weighted by Gasteiger charge is 2.24. The van der Waals surface area contributed by atoms with Gasteiger partial charge in [-0.25, -0.2) is 0 Å². The Bertz CT molecular complexity index is 502. The van der Waals surface area contributed by atoms with E-state index in [9.17, 15) is 4.79 Å². The first kappa shape index (κ1) is 17.5. The van der Waals surface area contributed by atoms with Gasteiger partial charge in [-0.3, -0.25) is 9.48 Å². The lowest BCUT2D eigenvalue weighted by Gasteiger charge is -2.32. The second kappa shape index (κ2) is 8.01. The number of hydrogen-bond acceptors (Lipinski definition) is 4. The molecule has 0 saturated carbocycles. The number of halogens is 1. The van der Waals surface area contributed by atoms with Gasteiger partial charge in [0.05, 0.1) is 6.04 Å². The van der Waals surface area contributed by atoms with Crippen molar-refractivity contribution in [1.29, 1.82) is 5.26 Å². The third kappa shape index (κ3) is 4.73. The highest BCUT2D eigenvalue weighted by atomic mass is 35.5. The molecule has 2 rings (SSSR count). The molecule has 1 saturated heterocycles. The number of rotatable bonds is 4. The Morgan fingerprint density at radius 2 is 2.24 bits per heavy atom. The van der Waals surface area contributed by atoms with Crippen LogP contribution in [-0.4, -0.2) is 39.7 Å². The van der Waals surface area contributed by atoms with E-state index in [-0.39, 0.29) is 18.3 Å². The Hall–Kier alpha value is -1.58. The fourth-order valence-electron chi connectivity index (χ4n) is 2.40. The molecule has 7 heteroatoms. The van der Waals surface area contributed by atoms with Crippen molar-refractivity contribution < 1.29 is 4.79 Å². The Morgan fingerprint density at radius 1 is 1.57 bits per heavy atom. The lowest BCUT2D eigenvalue weighted by Crippen LogP contribution is -2.47. The molecule has 1 amide bonds. The Kier molecular flexibility index (Phi) is 6.66. The van der Waals surface area contributed by atoms with Crippen molar-refractivity contribution in [3.8, 4) is 6.07 Å². The van der Waals surface area contributed by atoms with Crippen LogP contribution in [0, 0.1) is 17.2 Å².